The normalized spacial score (nSPS) is 45.0. The van der Waals surface area contributed by atoms with Crippen molar-refractivity contribution in [3.8, 4) is 0 Å². The minimum Gasteiger partial charge on any atom is -0.375 e. The van der Waals surface area contributed by atoms with Crippen LogP contribution < -0.4 is 0 Å². The lowest BCUT2D eigenvalue weighted by Gasteiger charge is -2.18. The highest BCUT2D eigenvalue weighted by Crippen LogP contribution is 2.30. The van der Waals surface area contributed by atoms with Crippen LogP contribution in [0.2, 0.25) is 0 Å². The SMILES string of the molecule is [CH]1CC2CCCC1O2. The first-order valence-electron chi connectivity index (χ1n) is 3.44. The Balaban J connectivity index is 2.03. The van der Waals surface area contributed by atoms with E-state index in [0.717, 1.165) is 0 Å². The van der Waals surface area contributed by atoms with Crippen LogP contribution in [0.3, 0.4) is 0 Å². The van der Waals surface area contributed by atoms with E-state index >= 15 is 0 Å². The van der Waals surface area contributed by atoms with Crippen molar-refractivity contribution in [2.45, 2.75) is 37.9 Å². The van der Waals surface area contributed by atoms with Crippen molar-refractivity contribution in [3.63, 3.8) is 0 Å². The predicted octanol–water partition coefficient (Wildman–Crippen LogP) is 1.53. The van der Waals surface area contributed by atoms with Crippen LogP contribution in [0.1, 0.15) is 25.7 Å². The molecule has 2 aliphatic rings. The number of rotatable bonds is 0. The maximum absolute atomic E-state index is 5.54. The molecule has 2 aliphatic heterocycles. The lowest BCUT2D eigenvalue weighted by Crippen LogP contribution is -2.16. The first kappa shape index (κ1) is 4.80. The largest absolute Gasteiger partial charge is 0.375 e. The van der Waals surface area contributed by atoms with Crippen LogP contribution in [0.4, 0.5) is 0 Å². The third-order valence-corrected chi connectivity index (χ3v) is 2.04. The Labute approximate surface area is 50.0 Å². The molecule has 0 aromatic heterocycles. The van der Waals surface area contributed by atoms with E-state index in [2.05, 4.69) is 6.42 Å². The van der Waals surface area contributed by atoms with Crippen LogP contribution in [-0.4, -0.2) is 12.2 Å². The first-order valence-corrected chi connectivity index (χ1v) is 3.44. The Kier molecular flexibility index (Phi) is 1.04. The zero-order valence-electron chi connectivity index (χ0n) is 4.97. The Morgan fingerprint density at radius 3 is 3.12 bits per heavy atom. The second-order valence-corrected chi connectivity index (χ2v) is 2.70. The van der Waals surface area contributed by atoms with Gasteiger partial charge in [-0.05, 0) is 32.1 Å². The highest BCUT2D eigenvalue weighted by molar-refractivity contribution is 4.91. The molecular formula is C7H11O. The summed E-state index contributed by atoms with van der Waals surface area (Å²) in [6, 6.07) is 0. The van der Waals surface area contributed by atoms with Gasteiger partial charge in [0.1, 0.15) is 0 Å². The van der Waals surface area contributed by atoms with E-state index in [4.69, 9.17) is 4.74 Å². The summed E-state index contributed by atoms with van der Waals surface area (Å²) in [6.07, 6.45) is 8.62. The molecule has 1 nitrogen and oxygen atoms in total. The third-order valence-electron chi connectivity index (χ3n) is 2.04. The highest BCUT2D eigenvalue weighted by Gasteiger charge is 2.28. The summed E-state index contributed by atoms with van der Waals surface area (Å²) in [4.78, 5) is 0. The van der Waals surface area contributed by atoms with Crippen LogP contribution >= 0.6 is 0 Å². The average molecular weight is 111 g/mol. The van der Waals surface area contributed by atoms with Gasteiger partial charge in [0.25, 0.3) is 0 Å². The van der Waals surface area contributed by atoms with E-state index in [9.17, 15) is 0 Å². The second-order valence-electron chi connectivity index (χ2n) is 2.70. The summed E-state index contributed by atoms with van der Waals surface area (Å²) in [5.41, 5.74) is 0. The maximum atomic E-state index is 5.54. The summed E-state index contributed by atoms with van der Waals surface area (Å²) < 4.78 is 5.54. The zero-order chi connectivity index (χ0) is 5.40. The summed E-state index contributed by atoms with van der Waals surface area (Å²) in [5, 5.41) is 0. The van der Waals surface area contributed by atoms with E-state index in [0.29, 0.717) is 12.2 Å². The Hall–Kier alpha value is -0.0400. The fourth-order valence-corrected chi connectivity index (χ4v) is 1.58. The molecule has 2 saturated heterocycles. The molecule has 0 aliphatic carbocycles. The summed E-state index contributed by atoms with van der Waals surface area (Å²) >= 11 is 0. The van der Waals surface area contributed by atoms with Crippen molar-refractivity contribution in [1.82, 2.24) is 0 Å². The zero-order valence-corrected chi connectivity index (χ0v) is 4.97. The van der Waals surface area contributed by atoms with Gasteiger partial charge in [-0.25, -0.2) is 0 Å². The van der Waals surface area contributed by atoms with Crippen LogP contribution in [0.15, 0.2) is 0 Å². The average Bonchev–Trinajstić information content (AvgIpc) is 2.12. The van der Waals surface area contributed by atoms with E-state index in [-0.39, 0.29) is 0 Å². The molecule has 0 N–H and O–H groups in total. The molecule has 0 aromatic carbocycles. The molecule has 2 heterocycles. The molecule has 2 bridgehead atoms. The van der Waals surface area contributed by atoms with Crippen molar-refractivity contribution in [2.75, 3.05) is 0 Å². The minimum atomic E-state index is 0.536. The van der Waals surface area contributed by atoms with Crippen LogP contribution in [-0.2, 0) is 4.74 Å². The first-order chi connectivity index (χ1) is 3.95. The van der Waals surface area contributed by atoms with Gasteiger partial charge in [-0.15, -0.1) is 0 Å². The molecule has 0 saturated carbocycles. The van der Waals surface area contributed by atoms with Gasteiger partial charge in [0.05, 0.1) is 12.2 Å². The molecular weight excluding hydrogens is 100 g/mol. The van der Waals surface area contributed by atoms with Gasteiger partial charge in [-0.2, -0.15) is 0 Å². The van der Waals surface area contributed by atoms with Gasteiger partial charge in [0.2, 0.25) is 0 Å². The van der Waals surface area contributed by atoms with Gasteiger partial charge in [-0.1, -0.05) is 0 Å². The van der Waals surface area contributed by atoms with Gasteiger partial charge >= 0.3 is 0 Å². The van der Waals surface area contributed by atoms with E-state index in [1.54, 1.807) is 0 Å². The molecule has 8 heavy (non-hydrogen) atoms. The number of hydrogen-bond acceptors (Lipinski definition) is 1. The van der Waals surface area contributed by atoms with Crippen molar-refractivity contribution in [1.29, 1.82) is 0 Å². The molecule has 2 rings (SSSR count). The molecule has 0 amide bonds. The smallest absolute Gasteiger partial charge is 0.0611 e. The van der Waals surface area contributed by atoms with E-state index < -0.39 is 0 Å². The lowest BCUT2D eigenvalue weighted by atomic mass is 10.1. The Morgan fingerprint density at radius 2 is 2.38 bits per heavy atom. The molecule has 2 unspecified atom stereocenters. The molecule has 1 radical (unpaired) electrons. The highest BCUT2D eigenvalue weighted by atomic mass is 16.5. The number of ether oxygens (including phenoxy) is 1. The number of hydrogen-bond donors (Lipinski definition) is 0. The van der Waals surface area contributed by atoms with Crippen molar-refractivity contribution in [3.05, 3.63) is 6.42 Å². The van der Waals surface area contributed by atoms with Crippen LogP contribution in [0.5, 0.6) is 0 Å². The summed E-state index contributed by atoms with van der Waals surface area (Å²) in [6.45, 7) is 0. The fourth-order valence-electron chi connectivity index (χ4n) is 1.58. The van der Waals surface area contributed by atoms with Crippen molar-refractivity contribution < 1.29 is 4.74 Å². The maximum Gasteiger partial charge on any atom is 0.0611 e. The number of fused-ring (bicyclic) bond motifs is 2. The van der Waals surface area contributed by atoms with Gasteiger partial charge in [0.15, 0.2) is 0 Å². The molecule has 2 atom stereocenters. The second kappa shape index (κ2) is 1.73. The molecule has 0 spiro atoms. The van der Waals surface area contributed by atoms with Crippen molar-refractivity contribution in [2.24, 2.45) is 0 Å². The van der Waals surface area contributed by atoms with E-state index in [1.807, 2.05) is 0 Å². The van der Waals surface area contributed by atoms with Gasteiger partial charge in [0, 0.05) is 0 Å². The monoisotopic (exact) mass is 111 g/mol. The fraction of sp³-hybridized carbons (Fsp3) is 0.857. The van der Waals surface area contributed by atoms with Crippen molar-refractivity contribution >= 4 is 0 Å². The quantitative estimate of drug-likeness (QED) is 0.460. The molecule has 45 valence electrons. The lowest BCUT2D eigenvalue weighted by molar-refractivity contribution is 0.0121. The molecule has 1 heteroatoms. The van der Waals surface area contributed by atoms with E-state index in [1.165, 1.54) is 25.7 Å². The third kappa shape index (κ3) is 0.655. The van der Waals surface area contributed by atoms with Gasteiger partial charge in [-0.3, -0.25) is 0 Å². The predicted molar refractivity (Wildman–Crippen MR) is 31.4 cm³/mol. The topological polar surface area (TPSA) is 9.23 Å². The molecule has 2 fully saturated rings. The van der Waals surface area contributed by atoms with Crippen LogP contribution in [0.25, 0.3) is 0 Å². The minimum absolute atomic E-state index is 0.536. The summed E-state index contributed by atoms with van der Waals surface area (Å²) in [7, 11) is 0. The standard InChI is InChI=1S/C7H11O/c1-2-6-4-5-7(3-1)8-6/h4,6-7H,1-3,5H2. The summed E-state index contributed by atoms with van der Waals surface area (Å²) in [5.74, 6) is 0. The van der Waals surface area contributed by atoms with Gasteiger partial charge < -0.3 is 4.74 Å². The Bertz CT molecular complexity index is 76.4. The molecule has 0 aromatic rings. The van der Waals surface area contributed by atoms with Crippen LogP contribution in [0, 0.1) is 6.42 Å². The Morgan fingerprint density at radius 1 is 1.38 bits per heavy atom.